The predicted octanol–water partition coefficient (Wildman–Crippen LogP) is 2.63. The van der Waals surface area contributed by atoms with E-state index in [4.69, 9.17) is 0 Å². The maximum atomic E-state index is 12.9. The number of rotatable bonds is 3. The molecule has 21 heavy (non-hydrogen) atoms. The largest absolute Gasteiger partial charge is 0.391 e. The molecule has 0 spiro atoms. The Hall–Kier alpha value is -1.81. The second kappa shape index (κ2) is 5.53. The van der Waals surface area contributed by atoms with Crippen molar-refractivity contribution >= 4 is 0 Å². The molecule has 2 rings (SSSR count). The Morgan fingerprint density at radius 1 is 1.19 bits per heavy atom. The van der Waals surface area contributed by atoms with Gasteiger partial charge in [0.1, 0.15) is 0 Å². The molecule has 0 saturated carbocycles. The highest BCUT2D eigenvalue weighted by atomic mass is 16.3. The van der Waals surface area contributed by atoms with E-state index in [-0.39, 0.29) is 11.0 Å². The van der Waals surface area contributed by atoms with Crippen LogP contribution in [-0.2, 0) is 12.0 Å². The van der Waals surface area contributed by atoms with Crippen molar-refractivity contribution in [2.75, 3.05) is 0 Å². The molecule has 0 bridgehead atoms. The predicted molar refractivity (Wildman–Crippen MR) is 85.1 cm³/mol. The highest BCUT2D eigenvalue weighted by Gasteiger charge is 2.27. The Bertz CT molecular complexity index is 673. The highest BCUT2D eigenvalue weighted by Crippen LogP contribution is 2.24. The van der Waals surface area contributed by atoms with E-state index in [0.29, 0.717) is 6.54 Å². The molecule has 1 aromatic carbocycles. The number of aliphatic hydroxyl groups excluding tert-OH is 1. The van der Waals surface area contributed by atoms with Gasteiger partial charge in [-0.1, -0.05) is 39.0 Å². The topological polar surface area (TPSA) is 47.2 Å². The Morgan fingerprint density at radius 3 is 2.24 bits per heavy atom. The number of benzene rings is 1. The lowest BCUT2D eigenvalue weighted by molar-refractivity contribution is 0.163. The maximum Gasteiger partial charge on any atom is 0.275 e. The first-order valence-corrected chi connectivity index (χ1v) is 7.30. The van der Waals surface area contributed by atoms with E-state index in [1.54, 1.807) is 11.6 Å². The molecule has 0 radical (unpaired) electrons. The molecule has 0 aliphatic rings. The van der Waals surface area contributed by atoms with E-state index in [9.17, 15) is 9.90 Å². The van der Waals surface area contributed by atoms with Crippen molar-refractivity contribution in [2.45, 2.75) is 52.7 Å². The van der Waals surface area contributed by atoms with Crippen LogP contribution in [0.1, 0.15) is 39.0 Å². The highest BCUT2D eigenvalue weighted by molar-refractivity contribution is 5.35. The van der Waals surface area contributed by atoms with Gasteiger partial charge in [-0.15, -0.1) is 0 Å². The van der Waals surface area contributed by atoms with Crippen LogP contribution in [0.5, 0.6) is 0 Å². The first kappa shape index (κ1) is 15.6. The Balaban J connectivity index is 2.77. The van der Waals surface area contributed by atoms with Gasteiger partial charge in [0.25, 0.3) is 5.56 Å². The molecule has 4 nitrogen and oxygen atoms in total. The fourth-order valence-corrected chi connectivity index (χ4v) is 2.81. The van der Waals surface area contributed by atoms with E-state index in [0.717, 1.165) is 16.9 Å². The van der Waals surface area contributed by atoms with Gasteiger partial charge in [-0.2, -0.15) is 0 Å². The van der Waals surface area contributed by atoms with E-state index < -0.39 is 6.10 Å². The molecule has 1 aromatic heterocycles. The van der Waals surface area contributed by atoms with Crippen molar-refractivity contribution < 1.29 is 5.11 Å². The molecular weight excluding hydrogens is 264 g/mol. The average Bonchev–Trinajstić information content (AvgIpc) is 2.61. The molecule has 0 fully saturated rings. The minimum absolute atomic E-state index is 0.00755. The zero-order chi connectivity index (χ0) is 15.8. The van der Waals surface area contributed by atoms with Crippen molar-refractivity contribution in [2.24, 2.45) is 0 Å². The number of aliphatic hydroxyl groups is 1. The van der Waals surface area contributed by atoms with Crippen molar-refractivity contribution in [3.63, 3.8) is 0 Å². The summed E-state index contributed by atoms with van der Waals surface area (Å²) in [6, 6.07) is 9.56. The second-order valence-corrected chi connectivity index (χ2v) is 6.59. The van der Waals surface area contributed by atoms with E-state index >= 15 is 0 Å². The number of aromatic nitrogens is 2. The van der Waals surface area contributed by atoms with Gasteiger partial charge in [0.05, 0.1) is 18.3 Å². The first-order valence-electron chi connectivity index (χ1n) is 7.30. The summed E-state index contributed by atoms with van der Waals surface area (Å²) in [5.41, 5.74) is 2.29. The van der Waals surface area contributed by atoms with Gasteiger partial charge in [0.15, 0.2) is 0 Å². The van der Waals surface area contributed by atoms with Crippen LogP contribution >= 0.6 is 0 Å². The summed E-state index contributed by atoms with van der Waals surface area (Å²) in [4.78, 5) is 12.9. The Kier molecular flexibility index (Phi) is 4.10. The fraction of sp³-hybridized carbons (Fsp3) is 0.471. The summed E-state index contributed by atoms with van der Waals surface area (Å²) >= 11 is 0. The van der Waals surface area contributed by atoms with Crippen molar-refractivity contribution in [3.05, 3.63) is 51.9 Å². The molecular formula is C17H24N2O2. The monoisotopic (exact) mass is 288 g/mol. The molecule has 1 unspecified atom stereocenters. The van der Waals surface area contributed by atoms with Crippen LogP contribution in [0.15, 0.2) is 35.1 Å². The van der Waals surface area contributed by atoms with Crippen LogP contribution in [0.2, 0.25) is 0 Å². The average molecular weight is 288 g/mol. The van der Waals surface area contributed by atoms with Crippen LogP contribution in [0.4, 0.5) is 0 Å². The zero-order valence-electron chi connectivity index (χ0n) is 13.4. The molecule has 2 aromatic rings. The van der Waals surface area contributed by atoms with Crippen LogP contribution in [-0.4, -0.2) is 20.6 Å². The molecule has 4 heteroatoms. The van der Waals surface area contributed by atoms with E-state index in [1.807, 2.05) is 62.7 Å². The Morgan fingerprint density at radius 2 is 1.76 bits per heavy atom. The maximum absolute atomic E-state index is 12.9. The third kappa shape index (κ3) is 2.95. The van der Waals surface area contributed by atoms with Crippen molar-refractivity contribution in [3.8, 4) is 5.69 Å². The minimum atomic E-state index is -0.515. The second-order valence-electron chi connectivity index (χ2n) is 6.59. The normalized spacial score (nSPS) is 13.4. The lowest BCUT2D eigenvalue weighted by Crippen LogP contribution is -2.27. The van der Waals surface area contributed by atoms with Gasteiger partial charge < -0.3 is 5.11 Å². The van der Waals surface area contributed by atoms with Crippen LogP contribution in [0.3, 0.4) is 0 Å². The first-order chi connectivity index (χ1) is 9.73. The summed E-state index contributed by atoms with van der Waals surface area (Å²) in [6.45, 7) is 10.2. The molecule has 1 N–H and O–H groups in total. The van der Waals surface area contributed by atoms with Crippen LogP contribution in [0, 0.1) is 6.92 Å². The number of para-hydroxylation sites is 1. The van der Waals surface area contributed by atoms with Crippen LogP contribution < -0.4 is 5.56 Å². The van der Waals surface area contributed by atoms with E-state index in [1.165, 1.54) is 0 Å². The lowest BCUT2D eigenvalue weighted by Gasteiger charge is -2.18. The summed E-state index contributed by atoms with van der Waals surface area (Å²) in [6.07, 6.45) is -0.515. The van der Waals surface area contributed by atoms with Gasteiger partial charge >= 0.3 is 0 Å². The zero-order valence-corrected chi connectivity index (χ0v) is 13.4. The molecule has 114 valence electrons. The summed E-state index contributed by atoms with van der Waals surface area (Å²) < 4.78 is 3.55. The van der Waals surface area contributed by atoms with Crippen molar-refractivity contribution in [1.29, 1.82) is 0 Å². The molecule has 1 atom stereocenters. The third-order valence-corrected chi connectivity index (χ3v) is 3.58. The molecule has 0 saturated heterocycles. The molecule has 0 aliphatic carbocycles. The number of nitrogens with zero attached hydrogens (tertiary/aromatic N) is 2. The minimum Gasteiger partial charge on any atom is -0.391 e. The number of hydrogen-bond acceptors (Lipinski definition) is 2. The van der Waals surface area contributed by atoms with Gasteiger partial charge in [0.2, 0.25) is 0 Å². The van der Waals surface area contributed by atoms with Gasteiger partial charge in [-0.25, -0.2) is 4.68 Å². The van der Waals surface area contributed by atoms with E-state index in [2.05, 4.69) is 0 Å². The summed E-state index contributed by atoms with van der Waals surface area (Å²) in [7, 11) is 0. The summed E-state index contributed by atoms with van der Waals surface area (Å²) in [5.74, 6) is 0. The van der Waals surface area contributed by atoms with Gasteiger partial charge in [-0.05, 0) is 31.4 Å². The summed E-state index contributed by atoms with van der Waals surface area (Å²) in [5, 5.41) is 9.77. The SMILES string of the molecule is Cc1c(C(C)(C)C)c(=O)n(-c2ccccc2)n1CC(C)O. The van der Waals surface area contributed by atoms with Gasteiger partial charge in [-0.3, -0.25) is 9.48 Å². The fourth-order valence-electron chi connectivity index (χ4n) is 2.81. The quantitative estimate of drug-likeness (QED) is 0.943. The standard InChI is InChI=1S/C17H24N2O2/c1-12(20)11-18-13(2)15(17(3,4)5)16(21)19(18)14-9-7-6-8-10-14/h6-10,12,20H,11H2,1-5H3. The third-order valence-electron chi connectivity index (χ3n) is 3.58. The van der Waals surface area contributed by atoms with Gasteiger partial charge in [0, 0.05) is 11.3 Å². The molecule has 0 amide bonds. The van der Waals surface area contributed by atoms with Crippen molar-refractivity contribution in [1.82, 2.24) is 9.36 Å². The molecule has 1 heterocycles. The van der Waals surface area contributed by atoms with Crippen LogP contribution in [0.25, 0.3) is 5.69 Å². The number of hydrogen-bond donors (Lipinski definition) is 1. The Labute approximate surface area is 125 Å². The smallest absolute Gasteiger partial charge is 0.275 e. The lowest BCUT2D eigenvalue weighted by atomic mass is 9.87. The molecule has 0 aliphatic heterocycles.